The summed E-state index contributed by atoms with van der Waals surface area (Å²) in [7, 11) is 0. The number of benzene rings is 3. The Kier molecular flexibility index (Phi) is 9.38. The number of hydrogen-bond acceptors (Lipinski definition) is 3. The minimum atomic E-state index is -1.06. The highest BCUT2D eigenvalue weighted by molar-refractivity contribution is 6.46. The highest BCUT2D eigenvalue weighted by Gasteiger charge is 2.36. The van der Waals surface area contributed by atoms with Gasteiger partial charge in [0.15, 0.2) is 0 Å². The maximum atomic E-state index is 13.8. The van der Waals surface area contributed by atoms with Crippen LogP contribution in [0.4, 0.5) is 5.69 Å². The second-order valence-electron chi connectivity index (χ2n) is 9.56. The first kappa shape index (κ1) is 27.6. The number of amides is 2. The number of aryl methyl sites for hydroxylation is 1. The smallest absolute Gasteiger partial charge is 0.299 e. The van der Waals surface area contributed by atoms with E-state index in [1.54, 1.807) is 66.7 Å². The molecule has 38 heavy (non-hydrogen) atoms. The Balaban J connectivity index is 1.72. The van der Waals surface area contributed by atoms with Crippen LogP contribution in [0.15, 0.2) is 78.9 Å². The van der Waals surface area contributed by atoms with Gasteiger partial charge in [0.1, 0.15) is 6.04 Å². The minimum absolute atomic E-state index is 0.0292. The molecule has 3 aromatic rings. The zero-order valence-corrected chi connectivity index (χ0v) is 22.7. The van der Waals surface area contributed by atoms with Gasteiger partial charge in [-0.2, -0.15) is 0 Å². The molecule has 3 aromatic carbocycles. The normalized spacial score (nSPS) is 14.7. The molecule has 1 unspecified atom stereocenters. The number of halogens is 2. The summed E-state index contributed by atoms with van der Waals surface area (Å²) in [6.07, 6.45) is 7.81. The SMILES string of the molecule is Cc1ccc(N(C(=O)C(=O)/C=C/c2ccc(Cl)cc2)C(C(=O)NC2CCCCC2)c2ccc(Cl)cc2)cc1. The van der Waals surface area contributed by atoms with Crippen LogP contribution in [-0.2, 0) is 14.4 Å². The van der Waals surface area contributed by atoms with Crippen molar-refractivity contribution in [3.05, 3.63) is 106 Å². The fourth-order valence-corrected chi connectivity index (χ4v) is 4.87. The standard InChI is InChI=1S/C31H30Cl2N2O3/c1-21-7-18-27(19-8-21)35(31(38)28(36)20-11-22-9-14-24(32)15-10-22)29(23-12-16-25(33)17-13-23)30(37)34-26-5-3-2-4-6-26/h7-20,26,29H,2-6H2,1H3,(H,34,37)/b20-11+. The number of carbonyl (C=O) groups is 3. The number of ketones is 1. The molecule has 5 nitrogen and oxygen atoms in total. The van der Waals surface area contributed by atoms with E-state index in [2.05, 4.69) is 5.32 Å². The lowest BCUT2D eigenvalue weighted by Crippen LogP contribution is -2.48. The number of hydrogen-bond donors (Lipinski definition) is 1. The molecule has 196 valence electrons. The van der Waals surface area contributed by atoms with Crippen molar-refractivity contribution in [1.29, 1.82) is 0 Å². The topological polar surface area (TPSA) is 66.5 Å². The van der Waals surface area contributed by atoms with Crippen molar-refractivity contribution in [3.63, 3.8) is 0 Å². The summed E-state index contributed by atoms with van der Waals surface area (Å²) in [4.78, 5) is 42.1. The summed E-state index contributed by atoms with van der Waals surface area (Å²) in [5.41, 5.74) is 2.73. The molecule has 0 radical (unpaired) electrons. The van der Waals surface area contributed by atoms with Gasteiger partial charge in [-0.3, -0.25) is 19.3 Å². The predicted molar refractivity (Wildman–Crippen MR) is 153 cm³/mol. The third-order valence-corrected chi connectivity index (χ3v) is 7.19. The van der Waals surface area contributed by atoms with Gasteiger partial charge >= 0.3 is 0 Å². The fraction of sp³-hybridized carbons (Fsp3) is 0.258. The Morgan fingerprint density at radius 2 is 1.42 bits per heavy atom. The van der Waals surface area contributed by atoms with Crippen molar-refractivity contribution < 1.29 is 14.4 Å². The third kappa shape index (κ3) is 7.12. The summed E-state index contributed by atoms with van der Waals surface area (Å²) < 4.78 is 0. The fourth-order valence-electron chi connectivity index (χ4n) is 4.61. The molecule has 0 heterocycles. The third-order valence-electron chi connectivity index (χ3n) is 6.68. The van der Waals surface area contributed by atoms with Crippen molar-refractivity contribution in [3.8, 4) is 0 Å². The van der Waals surface area contributed by atoms with E-state index in [0.29, 0.717) is 21.3 Å². The molecule has 0 aromatic heterocycles. The molecule has 0 spiro atoms. The molecule has 1 N–H and O–H groups in total. The second kappa shape index (κ2) is 12.9. The molecule has 0 aliphatic heterocycles. The Morgan fingerprint density at radius 1 is 0.842 bits per heavy atom. The van der Waals surface area contributed by atoms with Crippen molar-refractivity contribution >= 4 is 52.6 Å². The number of rotatable bonds is 8. The maximum absolute atomic E-state index is 13.8. The largest absolute Gasteiger partial charge is 0.351 e. The molecule has 1 fully saturated rings. The molecule has 2 amide bonds. The Labute approximate surface area is 233 Å². The molecular formula is C31H30Cl2N2O3. The average molecular weight is 549 g/mol. The monoisotopic (exact) mass is 548 g/mol. The van der Waals surface area contributed by atoms with E-state index in [0.717, 1.165) is 43.2 Å². The predicted octanol–water partition coefficient (Wildman–Crippen LogP) is 7.11. The van der Waals surface area contributed by atoms with Crippen LogP contribution < -0.4 is 10.2 Å². The highest BCUT2D eigenvalue weighted by atomic mass is 35.5. The number of nitrogens with one attached hydrogen (secondary N) is 1. The molecule has 4 rings (SSSR count). The van der Waals surface area contributed by atoms with Crippen molar-refractivity contribution in [2.45, 2.75) is 51.1 Å². The van der Waals surface area contributed by atoms with Gasteiger partial charge in [-0.15, -0.1) is 0 Å². The van der Waals surface area contributed by atoms with Gasteiger partial charge in [0.05, 0.1) is 0 Å². The van der Waals surface area contributed by atoms with E-state index in [-0.39, 0.29) is 11.9 Å². The first-order valence-electron chi connectivity index (χ1n) is 12.8. The lowest BCUT2D eigenvalue weighted by molar-refractivity contribution is -0.135. The van der Waals surface area contributed by atoms with Gasteiger partial charge in [0, 0.05) is 21.8 Å². The summed E-state index contributed by atoms with van der Waals surface area (Å²) in [5, 5.41) is 4.23. The van der Waals surface area contributed by atoms with Crippen molar-refractivity contribution in [2.24, 2.45) is 0 Å². The van der Waals surface area contributed by atoms with Gasteiger partial charge in [-0.1, -0.05) is 90.5 Å². The molecule has 0 saturated heterocycles. The zero-order chi connectivity index (χ0) is 27.1. The molecule has 7 heteroatoms. The molecule has 1 aliphatic rings. The van der Waals surface area contributed by atoms with Crippen LogP contribution in [0.3, 0.4) is 0 Å². The second-order valence-corrected chi connectivity index (χ2v) is 10.4. The molecule has 1 aliphatic carbocycles. The quantitative estimate of drug-likeness (QED) is 0.241. The Hall–Kier alpha value is -3.41. The van der Waals surface area contributed by atoms with E-state index < -0.39 is 17.7 Å². The summed E-state index contributed by atoms with van der Waals surface area (Å²) in [6.45, 7) is 1.93. The van der Waals surface area contributed by atoms with Crippen molar-refractivity contribution in [1.82, 2.24) is 5.32 Å². The summed E-state index contributed by atoms with van der Waals surface area (Å²) in [6, 6.07) is 19.9. The van der Waals surface area contributed by atoms with Crippen LogP contribution in [0, 0.1) is 6.92 Å². The van der Waals surface area contributed by atoms with Crippen molar-refractivity contribution in [2.75, 3.05) is 4.90 Å². The van der Waals surface area contributed by atoms with Gasteiger partial charge in [0.2, 0.25) is 11.7 Å². The lowest BCUT2D eigenvalue weighted by Gasteiger charge is -2.33. The number of anilines is 1. The Morgan fingerprint density at radius 3 is 2.03 bits per heavy atom. The van der Waals surface area contributed by atoms with E-state index >= 15 is 0 Å². The van der Waals surface area contributed by atoms with Crippen LogP contribution in [0.25, 0.3) is 6.08 Å². The highest BCUT2D eigenvalue weighted by Crippen LogP contribution is 2.30. The van der Waals surface area contributed by atoms with E-state index in [1.807, 2.05) is 19.1 Å². The Bertz CT molecular complexity index is 1300. The van der Waals surface area contributed by atoms with Gasteiger partial charge in [0.25, 0.3) is 5.91 Å². The maximum Gasteiger partial charge on any atom is 0.299 e. The minimum Gasteiger partial charge on any atom is -0.351 e. The van der Waals surface area contributed by atoms with Crippen LogP contribution in [0.1, 0.15) is 54.8 Å². The lowest BCUT2D eigenvalue weighted by atomic mass is 9.94. The van der Waals surface area contributed by atoms with E-state index in [1.165, 1.54) is 11.0 Å². The van der Waals surface area contributed by atoms with Crippen LogP contribution in [0.2, 0.25) is 10.0 Å². The molecule has 1 saturated carbocycles. The molecular weight excluding hydrogens is 519 g/mol. The molecule has 1 atom stereocenters. The average Bonchev–Trinajstić information content (AvgIpc) is 2.92. The number of nitrogens with zero attached hydrogens (tertiary/aromatic N) is 1. The summed E-state index contributed by atoms with van der Waals surface area (Å²) in [5.74, 6) is -1.88. The summed E-state index contributed by atoms with van der Waals surface area (Å²) >= 11 is 12.1. The first-order valence-corrected chi connectivity index (χ1v) is 13.5. The van der Waals surface area contributed by atoms with Crippen LogP contribution in [0.5, 0.6) is 0 Å². The zero-order valence-electron chi connectivity index (χ0n) is 21.2. The van der Waals surface area contributed by atoms with Crippen LogP contribution in [-0.4, -0.2) is 23.6 Å². The van der Waals surface area contributed by atoms with Gasteiger partial charge in [-0.25, -0.2) is 0 Å². The first-order chi connectivity index (χ1) is 18.3. The number of carbonyl (C=O) groups excluding carboxylic acids is 3. The van der Waals surface area contributed by atoms with Crippen LogP contribution >= 0.6 is 23.2 Å². The van der Waals surface area contributed by atoms with Gasteiger partial charge in [-0.05, 0) is 73.4 Å². The molecule has 0 bridgehead atoms. The van der Waals surface area contributed by atoms with E-state index in [9.17, 15) is 14.4 Å². The van der Waals surface area contributed by atoms with Gasteiger partial charge < -0.3 is 5.32 Å². The van der Waals surface area contributed by atoms with E-state index in [4.69, 9.17) is 23.2 Å².